The Bertz CT molecular complexity index is 217. The second kappa shape index (κ2) is 5.45. The van der Waals surface area contributed by atoms with E-state index in [1.54, 1.807) is 0 Å². The zero-order chi connectivity index (χ0) is 11.4. The number of hydrogen-bond acceptors (Lipinski definition) is 4. The van der Waals surface area contributed by atoms with E-state index in [9.17, 15) is 5.11 Å². The Morgan fingerprint density at radius 1 is 1.31 bits per heavy atom. The van der Waals surface area contributed by atoms with Gasteiger partial charge in [-0.2, -0.15) is 0 Å². The summed E-state index contributed by atoms with van der Waals surface area (Å²) in [7, 11) is 0. The van der Waals surface area contributed by atoms with Crippen LogP contribution in [-0.4, -0.2) is 43.1 Å². The van der Waals surface area contributed by atoms with Gasteiger partial charge in [-0.1, -0.05) is 6.42 Å². The molecule has 2 unspecified atom stereocenters. The fourth-order valence-electron chi connectivity index (χ4n) is 3.01. The van der Waals surface area contributed by atoms with Gasteiger partial charge in [-0.05, 0) is 31.6 Å². The lowest BCUT2D eigenvalue weighted by Crippen LogP contribution is -2.58. The van der Waals surface area contributed by atoms with Crippen LogP contribution in [0.2, 0.25) is 0 Å². The van der Waals surface area contributed by atoms with Gasteiger partial charge in [-0.3, -0.25) is 0 Å². The van der Waals surface area contributed by atoms with E-state index in [1.165, 1.54) is 12.8 Å². The van der Waals surface area contributed by atoms with Crippen LogP contribution in [0.1, 0.15) is 32.1 Å². The summed E-state index contributed by atoms with van der Waals surface area (Å²) in [5.74, 6) is 0.422. The van der Waals surface area contributed by atoms with E-state index in [0.717, 1.165) is 32.5 Å². The molecular formula is C12H24N2O2. The monoisotopic (exact) mass is 228 g/mol. The Labute approximate surface area is 97.5 Å². The Hall–Kier alpha value is -0.160. The van der Waals surface area contributed by atoms with E-state index < -0.39 is 0 Å². The maximum Gasteiger partial charge on any atom is 0.0484 e. The van der Waals surface area contributed by atoms with Crippen LogP contribution in [0.15, 0.2) is 0 Å². The van der Waals surface area contributed by atoms with Crippen LogP contribution in [0.4, 0.5) is 0 Å². The molecular weight excluding hydrogens is 204 g/mol. The molecule has 1 saturated heterocycles. The van der Waals surface area contributed by atoms with Gasteiger partial charge in [0.05, 0.1) is 0 Å². The molecule has 2 atom stereocenters. The zero-order valence-electron chi connectivity index (χ0n) is 9.95. The fourth-order valence-corrected chi connectivity index (χ4v) is 3.01. The molecule has 2 rings (SSSR count). The van der Waals surface area contributed by atoms with Crippen LogP contribution in [-0.2, 0) is 4.74 Å². The van der Waals surface area contributed by atoms with Crippen molar-refractivity contribution in [1.82, 2.24) is 5.32 Å². The largest absolute Gasteiger partial charge is 0.396 e. The van der Waals surface area contributed by atoms with E-state index in [4.69, 9.17) is 10.5 Å². The lowest BCUT2D eigenvalue weighted by molar-refractivity contribution is 0.0321. The minimum absolute atomic E-state index is 0.0562. The number of rotatable bonds is 4. The molecule has 1 aliphatic carbocycles. The number of aliphatic hydroxyl groups is 1. The summed E-state index contributed by atoms with van der Waals surface area (Å²) in [6.45, 7) is 2.58. The summed E-state index contributed by atoms with van der Waals surface area (Å²) in [6.07, 6.45) is 5.54. The Morgan fingerprint density at radius 3 is 2.69 bits per heavy atom. The molecule has 0 aromatic carbocycles. The van der Waals surface area contributed by atoms with Gasteiger partial charge in [-0.15, -0.1) is 0 Å². The van der Waals surface area contributed by atoms with Crippen molar-refractivity contribution in [2.24, 2.45) is 11.7 Å². The Morgan fingerprint density at radius 2 is 2.06 bits per heavy atom. The average Bonchev–Trinajstić information content (AvgIpc) is 2.77. The van der Waals surface area contributed by atoms with Gasteiger partial charge in [0, 0.05) is 37.9 Å². The molecule has 0 bridgehead atoms. The molecule has 4 nitrogen and oxygen atoms in total. The third-order valence-electron chi connectivity index (χ3n) is 4.23. The van der Waals surface area contributed by atoms with E-state index >= 15 is 0 Å². The third kappa shape index (κ3) is 2.56. The van der Waals surface area contributed by atoms with Crippen molar-refractivity contribution in [3.63, 3.8) is 0 Å². The first-order valence-electron chi connectivity index (χ1n) is 6.46. The first-order valence-corrected chi connectivity index (χ1v) is 6.46. The van der Waals surface area contributed by atoms with E-state index in [2.05, 4.69) is 5.32 Å². The zero-order valence-corrected chi connectivity index (χ0v) is 9.95. The number of hydrogen-bond donors (Lipinski definition) is 3. The van der Waals surface area contributed by atoms with Gasteiger partial charge in [0.15, 0.2) is 0 Å². The normalized spacial score (nSPS) is 34.1. The molecule has 94 valence electrons. The molecule has 1 heterocycles. The van der Waals surface area contributed by atoms with Crippen LogP contribution >= 0.6 is 0 Å². The Kier molecular flexibility index (Phi) is 4.19. The van der Waals surface area contributed by atoms with Gasteiger partial charge in [0.1, 0.15) is 0 Å². The van der Waals surface area contributed by atoms with Crippen molar-refractivity contribution < 1.29 is 9.84 Å². The smallest absolute Gasteiger partial charge is 0.0484 e. The second-order valence-corrected chi connectivity index (χ2v) is 5.22. The van der Waals surface area contributed by atoms with Crippen molar-refractivity contribution in [2.45, 2.75) is 43.7 Å². The minimum atomic E-state index is 0.0562. The summed E-state index contributed by atoms with van der Waals surface area (Å²) in [6, 6.07) is 0.451. The van der Waals surface area contributed by atoms with Gasteiger partial charge >= 0.3 is 0 Å². The predicted molar refractivity (Wildman–Crippen MR) is 63.2 cm³/mol. The summed E-state index contributed by atoms with van der Waals surface area (Å²) < 4.78 is 5.40. The summed E-state index contributed by atoms with van der Waals surface area (Å²) >= 11 is 0. The molecule has 2 fully saturated rings. The van der Waals surface area contributed by atoms with Gasteiger partial charge in [-0.25, -0.2) is 0 Å². The molecule has 2 aliphatic rings. The van der Waals surface area contributed by atoms with E-state index in [1.807, 2.05) is 0 Å². The van der Waals surface area contributed by atoms with Crippen LogP contribution in [0.5, 0.6) is 0 Å². The molecule has 16 heavy (non-hydrogen) atoms. The molecule has 0 spiro atoms. The van der Waals surface area contributed by atoms with Crippen molar-refractivity contribution >= 4 is 0 Å². The van der Waals surface area contributed by atoms with Crippen LogP contribution in [0, 0.1) is 5.92 Å². The molecule has 0 amide bonds. The maximum atomic E-state index is 9.33. The molecule has 0 radical (unpaired) electrons. The minimum Gasteiger partial charge on any atom is -0.396 e. The molecule has 0 aromatic rings. The number of ether oxygens (including phenoxy) is 1. The van der Waals surface area contributed by atoms with Crippen molar-refractivity contribution in [2.75, 3.05) is 26.4 Å². The fraction of sp³-hybridized carbons (Fsp3) is 1.00. The highest BCUT2D eigenvalue weighted by Crippen LogP contribution is 2.29. The predicted octanol–water partition coefficient (Wildman–Crippen LogP) is 0.245. The second-order valence-electron chi connectivity index (χ2n) is 5.22. The van der Waals surface area contributed by atoms with E-state index in [-0.39, 0.29) is 5.54 Å². The molecule has 4 heteroatoms. The van der Waals surface area contributed by atoms with Crippen molar-refractivity contribution in [3.8, 4) is 0 Å². The number of nitrogens with two attached hydrogens (primary N) is 1. The number of aliphatic hydroxyl groups excluding tert-OH is 1. The molecule has 1 saturated carbocycles. The van der Waals surface area contributed by atoms with Crippen LogP contribution in [0.3, 0.4) is 0 Å². The van der Waals surface area contributed by atoms with Gasteiger partial charge in [0.25, 0.3) is 0 Å². The Balaban J connectivity index is 1.94. The third-order valence-corrected chi connectivity index (χ3v) is 4.23. The standard InChI is InChI=1S/C12H24N2O2/c13-9-12(4-6-16-7-5-12)14-11-3-1-2-10(11)8-15/h10-11,14-15H,1-9,13H2. The first-order chi connectivity index (χ1) is 7.79. The highest BCUT2D eigenvalue weighted by molar-refractivity contribution is 4.96. The number of nitrogens with one attached hydrogen (secondary N) is 1. The topological polar surface area (TPSA) is 67.5 Å². The maximum absolute atomic E-state index is 9.33. The molecule has 4 N–H and O–H groups in total. The first kappa shape index (κ1) is 12.3. The van der Waals surface area contributed by atoms with Crippen molar-refractivity contribution in [1.29, 1.82) is 0 Å². The van der Waals surface area contributed by atoms with Crippen LogP contribution in [0.25, 0.3) is 0 Å². The lowest BCUT2D eigenvalue weighted by atomic mass is 9.88. The summed E-state index contributed by atoms with van der Waals surface area (Å²) in [5.41, 5.74) is 5.98. The molecule has 1 aliphatic heterocycles. The van der Waals surface area contributed by atoms with E-state index in [0.29, 0.717) is 25.1 Å². The summed E-state index contributed by atoms with van der Waals surface area (Å²) in [5, 5.41) is 13.0. The highest BCUT2D eigenvalue weighted by atomic mass is 16.5. The van der Waals surface area contributed by atoms with Gasteiger partial charge in [0.2, 0.25) is 0 Å². The SMILES string of the molecule is NCC1(NC2CCCC2CO)CCOCC1. The van der Waals surface area contributed by atoms with Crippen LogP contribution < -0.4 is 11.1 Å². The summed E-state index contributed by atoms with van der Waals surface area (Å²) in [4.78, 5) is 0. The van der Waals surface area contributed by atoms with Gasteiger partial charge < -0.3 is 20.9 Å². The quantitative estimate of drug-likeness (QED) is 0.645. The highest BCUT2D eigenvalue weighted by Gasteiger charge is 2.37. The average molecular weight is 228 g/mol. The van der Waals surface area contributed by atoms with Crippen molar-refractivity contribution in [3.05, 3.63) is 0 Å². The lowest BCUT2D eigenvalue weighted by Gasteiger charge is -2.40. The molecule has 0 aromatic heterocycles.